The van der Waals surface area contributed by atoms with Gasteiger partial charge in [-0.2, -0.15) is 0 Å². The zero-order chi connectivity index (χ0) is 18.5. The van der Waals surface area contributed by atoms with E-state index in [1.54, 1.807) is 26.4 Å². The second kappa shape index (κ2) is 8.05. The quantitative estimate of drug-likeness (QED) is 0.585. The molecular weight excluding hydrogens is 334 g/mol. The minimum Gasteiger partial charge on any atom is -0.493 e. The van der Waals surface area contributed by atoms with Crippen LogP contribution in [0.2, 0.25) is 0 Å². The lowest BCUT2D eigenvalue weighted by molar-refractivity contribution is -0.384. The summed E-state index contributed by atoms with van der Waals surface area (Å²) in [6.45, 7) is 4.03. The molecule has 1 fully saturated rings. The van der Waals surface area contributed by atoms with Crippen LogP contribution in [0.1, 0.15) is 5.56 Å². The van der Waals surface area contributed by atoms with E-state index >= 15 is 0 Å². The summed E-state index contributed by atoms with van der Waals surface area (Å²) in [6, 6.07) is 12.9. The van der Waals surface area contributed by atoms with Crippen LogP contribution in [0.25, 0.3) is 0 Å². The maximum Gasteiger partial charge on any atom is 0.292 e. The maximum absolute atomic E-state index is 11.2. The van der Waals surface area contributed by atoms with E-state index in [2.05, 4.69) is 9.80 Å². The Morgan fingerprint density at radius 3 is 2.35 bits per heavy atom. The third kappa shape index (κ3) is 3.88. The first-order chi connectivity index (χ1) is 12.6. The van der Waals surface area contributed by atoms with Crippen LogP contribution in [0.3, 0.4) is 0 Å². The molecule has 3 rings (SSSR count). The molecule has 1 aliphatic rings. The van der Waals surface area contributed by atoms with E-state index in [1.807, 2.05) is 30.3 Å². The Balaban J connectivity index is 1.64. The largest absolute Gasteiger partial charge is 0.493 e. The molecule has 0 spiro atoms. The van der Waals surface area contributed by atoms with E-state index in [1.165, 1.54) is 0 Å². The van der Waals surface area contributed by atoms with Crippen molar-refractivity contribution in [1.29, 1.82) is 0 Å². The fraction of sp³-hybridized carbons (Fsp3) is 0.368. The predicted molar refractivity (Wildman–Crippen MR) is 100 cm³/mol. The fourth-order valence-electron chi connectivity index (χ4n) is 3.27. The molecule has 0 unspecified atom stereocenters. The van der Waals surface area contributed by atoms with Crippen LogP contribution < -0.4 is 14.4 Å². The number of benzene rings is 2. The van der Waals surface area contributed by atoms with E-state index in [9.17, 15) is 10.1 Å². The van der Waals surface area contributed by atoms with Crippen molar-refractivity contribution in [1.82, 2.24) is 4.90 Å². The molecule has 0 N–H and O–H groups in total. The summed E-state index contributed by atoms with van der Waals surface area (Å²) >= 11 is 0. The molecule has 0 saturated carbocycles. The van der Waals surface area contributed by atoms with E-state index < -0.39 is 0 Å². The van der Waals surface area contributed by atoms with E-state index in [0.29, 0.717) is 5.69 Å². The molecule has 2 aromatic carbocycles. The molecule has 7 heteroatoms. The van der Waals surface area contributed by atoms with Gasteiger partial charge in [-0.1, -0.05) is 18.2 Å². The van der Waals surface area contributed by atoms with Crippen LogP contribution >= 0.6 is 0 Å². The first-order valence-electron chi connectivity index (χ1n) is 8.54. The Labute approximate surface area is 152 Å². The van der Waals surface area contributed by atoms with Crippen LogP contribution in [0.5, 0.6) is 11.5 Å². The average Bonchev–Trinajstić information content (AvgIpc) is 2.68. The Hall–Kier alpha value is -2.80. The second-order valence-corrected chi connectivity index (χ2v) is 6.20. The van der Waals surface area contributed by atoms with Crippen molar-refractivity contribution in [3.05, 3.63) is 58.1 Å². The van der Waals surface area contributed by atoms with Gasteiger partial charge in [0.25, 0.3) is 5.69 Å². The summed E-state index contributed by atoms with van der Waals surface area (Å²) in [7, 11) is 3.26. The minimum atomic E-state index is -0.314. The van der Waals surface area contributed by atoms with E-state index in [-0.39, 0.29) is 10.6 Å². The highest BCUT2D eigenvalue weighted by Crippen LogP contribution is 2.30. The van der Waals surface area contributed by atoms with Gasteiger partial charge in [-0.15, -0.1) is 0 Å². The van der Waals surface area contributed by atoms with Gasteiger partial charge in [-0.25, -0.2) is 0 Å². The Morgan fingerprint density at radius 1 is 1.00 bits per heavy atom. The highest BCUT2D eigenvalue weighted by atomic mass is 16.6. The van der Waals surface area contributed by atoms with Gasteiger partial charge in [0.15, 0.2) is 11.5 Å². The predicted octanol–water partition coefficient (Wildman–Crippen LogP) is 2.93. The summed E-state index contributed by atoms with van der Waals surface area (Å²) in [4.78, 5) is 15.3. The molecular formula is C19H23N3O4. The molecule has 0 bridgehead atoms. The first-order valence-corrected chi connectivity index (χ1v) is 8.54. The monoisotopic (exact) mass is 357 g/mol. The van der Waals surface area contributed by atoms with Crippen molar-refractivity contribution < 1.29 is 14.4 Å². The third-order valence-corrected chi connectivity index (χ3v) is 4.65. The van der Waals surface area contributed by atoms with Gasteiger partial charge in [-0.05, 0) is 23.8 Å². The van der Waals surface area contributed by atoms with Crippen LogP contribution in [-0.4, -0.2) is 50.2 Å². The molecule has 1 heterocycles. The SMILES string of the molecule is COc1ccc(CN2CCN(c3ccccc3[N+](=O)[O-])CC2)cc1OC. The topological polar surface area (TPSA) is 68.1 Å². The van der Waals surface area contributed by atoms with Crippen LogP contribution in [0.4, 0.5) is 11.4 Å². The van der Waals surface area contributed by atoms with Gasteiger partial charge in [0.2, 0.25) is 0 Å². The second-order valence-electron chi connectivity index (χ2n) is 6.20. The standard InChI is InChI=1S/C19H23N3O4/c1-25-18-8-7-15(13-19(18)26-2)14-20-9-11-21(12-10-20)16-5-3-4-6-17(16)22(23)24/h3-8,13H,9-12,14H2,1-2H3. The molecule has 2 aromatic rings. The number of ether oxygens (including phenoxy) is 2. The average molecular weight is 357 g/mol. The number of nitro benzene ring substituents is 1. The number of anilines is 1. The highest BCUT2D eigenvalue weighted by Gasteiger charge is 2.23. The van der Waals surface area contributed by atoms with Crippen LogP contribution in [0, 0.1) is 10.1 Å². The summed E-state index contributed by atoms with van der Waals surface area (Å²) in [5, 5.41) is 11.2. The fourth-order valence-corrected chi connectivity index (χ4v) is 3.27. The number of nitrogens with zero attached hydrogens (tertiary/aromatic N) is 3. The Bertz CT molecular complexity index is 773. The molecule has 0 aliphatic carbocycles. The number of nitro groups is 1. The number of hydrogen-bond acceptors (Lipinski definition) is 6. The smallest absolute Gasteiger partial charge is 0.292 e. The zero-order valence-corrected chi connectivity index (χ0v) is 15.1. The summed E-state index contributed by atoms with van der Waals surface area (Å²) in [6.07, 6.45) is 0. The van der Waals surface area contributed by atoms with Crippen molar-refractivity contribution >= 4 is 11.4 Å². The van der Waals surface area contributed by atoms with Crippen LogP contribution in [-0.2, 0) is 6.54 Å². The Morgan fingerprint density at radius 2 is 1.69 bits per heavy atom. The van der Waals surface area contributed by atoms with Gasteiger partial charge in [0.05, 0.1) is 19.1 Å². The van der Waals surface area contributed by atoms with Gasteiger partial charge in [0, 0.05) is 38.8 Å². The lowest BCUT2D eigenvalue weighted by atomic mass is 10.1. The molecule has 7 nitrogen and oxygen atoms in total. The molecule has 1 saturated heterocycles. The number of methoxy groups -OCH3 is 2. The van der Waals surface area contributed by atoms with Crippen molar-refractivity contribution in [2.24, 2.45) is 0 Å². The third-order valence-electron chi connectivity index (χ3n) is 4.65. The van der Waals surface area contributed by atoms with Gasteiger partial charge < -0.3 is 14.4 Å². The number of rotatable bonds is 6. The maximum atomic E-state index is 11.2. The molecule has 0 radical (unpaired) electrons. The number of hydrogen-bond donors (Lipinski definition) is 0. The molecule has 0 atom stereocenters. The minimum absolute atomic E-state index is 0.167. The van der Waals surface area contributed by atoms with Gasteiger partial charge in [0.1, 0.15) is 5.69 Å². The van der Waals surface area contributed by atoms with Crippen molar-refractivity contribution in [3.8, 4) is 11.5 Å². The van der Waals surface area contributed by atoms with Crippen molar-refractivity contribution in [2.75, 3.05) is 45.3 Å². The summed E-state index contributed by atoms with van der Waals surface area (Å²) in [5.74, 6) is 1.45. The molecule has 0 aromatic heterocycles. The van der Waals surface area contributed by atoms with E-state index in [0.717, 1.165) is 49.8 Å². The Kier molecular flexibility index (Phi) is 5.58. The molecule has 1 aliphatic heterocycles. The van der Waals surface area contributed by atoms with Crippen molar-refractivity contribution in [2.45, 2.75) is 6.54 Å². The lowest BCUT2D eigenvalue weighted by Gasteiger charge is -2.35. The number of para-hydroxylation sites is 2. The molecule has 138 valence electrons. The molecule has 26 heavy (non-hydrogen) atoms. The highest BCUT2D eigenvalue weighted by molar-refractivity contribution is 5.63. The molecule has 0 amide bonds. The van der Waals surface area contributed by atoms with Crippen molar-refractivity contribution in [3.63, 3.8) is 0 Å². The normalized spacial score (nSPS) is 14.9. The van der Waals surface area contributed by atoms with E-state index in [4.69, 9.17) is 9.47 Å². The number of piperazine rings is 1. The van der Waals surface area contributed by atoms with Gasteiger partial charge in [-0.3, -0.25) is 15.0 Å². The summed E-state index contributed by atoms with van der Waals surface area (Å²) < 4.78 is 10.6. The zero-order valence-electron chi connectivity index (χ0n) is 15.1. The lowest BCUT2D eigenvalue weighted by Crippen LogP contribution is -2.46. The summed E-state index contributed by atoms with van der Waals surface area (Å²) in [5.41, 5.74) is 2.02. The van der Waals surface area contributed by atoms with Crippen LogP contribution in [0.15, 0.2) is 42.5 Å². The first kappa shape index (κ1) is 18.0. The van der Waals surface area contributed by atoms with Gasteiger partial charge >= 0.3 is 0 Å².